The third kappa shape index (κ3) is 11.3. The number of ether oxygens (including phenoxy) is 1. The van der Waals surface area contributed by atoms with E-state index in [9.17, 15) is 48.4 Å². The lowest BCUT2D eigenvalue weighted by Crippen LogP contribution is -2.35. The molecule has 2 aromatic heterocycles. The molecule has 1 fully saturated rings. The zero-order chi connectivity index (χ0) is 33.6. The Kier molecular flexibility index (Phi) is 12.6. The van der Waals surface area contributed by atoms with Crippen LogP contribution in [0, 0.1) is 0 Å². The summed E-state index contributed by atoms with van der Waals surface area (Å²) in [6.45, 7) is -0.217. The number of nitrogens with zero attached hydrogens (tertiary/aromatic N) is 4. The summed E-state index contributed by atoms with van der Waals surface area (Å²) in [5, 5.41) is 31.4. The summed E-state index contributed by atoms with van der Waals surface area (Å²) < 4.78 is 45.1. The predicted molar refractivity (Wildman–Crippen MR) is 151 cm³/mol. The van der Waals surface area contributed by atoms with Crippen molar-refractivity contribution in [2.24, 2.45) is 0 Å². The molecule has 1 amide bonds. The van der Waals surface area contributed by atoms with Crippen molar-refractivity contribution in [3.63, 3.8) is 0 Å². The first-order valence-electron chi connectivity index (χ1n) is 12.9. The van der Waals surface area contributed by atoms with E-state index in [4.69, 9.17) is 24.6 Å². The molecule has 21 nitrogen and oxygen atoms in total. The number of anilines is 1. The molecule has 0 bridgehead atoms. The van der Waals surface area contributed by atoms with E-state index < -0.39 is 95.3 Å². The fraction of sp³-hybridized carbons (Fsp3) is 0.619. The molecule has 1 saturated heterocycles. The lowest BCUT2D eigenvalue weighted by Gasteiger charge is -2.21. The molecule has 1 aliphatic rings. The number of nitrogens with two attached hydrogens (primary N) is 1. The maximum absolute atomic E-state index is 12.4. The van der Waals surface area contributed by atoms with E-state index in [0.29, 0.717) is 0 Å². The van der Waals surface area contributed by atoms with Crippen LogP contribution in [0.2, 0.25) is 0 Å². The number of carbonyl (C=O) groups excluding carboxylic acids is 2. The van der Waals surface area contributed by atoms with Crippen LogP contribution in [-0.4, -0.2) is 116 Å². The normalized spacial score (nSPS) is 23.0. The van der Waals surface area contributed by atoms with Crippen molar-refractivity contribution in [2.45, 2.75) is 56.3 Å². The molecule has 0 radical (unpaired) electrons. The number of phosphoric ester groups is 2. The van der Waals surface area contributed by atoms with Gasteiger partial charge in [0.05, 0.1) is 38.0 Å². The van der Waals surface area contributed by atoms with Crippen LogP contribution in [-0.2, 0) is 41.8 Å². The Bertz CT molecular complexity index is 1470. The average Bonchev–Trinajstić information content (AvgIpc) is 3.45. The van der Waals surface area contributed by atoms with Crippen LogP contribution in [0.1, 0.15) is 32.4 Å². The van der Waals surface area contributed by atoms with E-state index in [-0.39, 0.29) is 29.3 Å². The lowest BCUT2D eigenvalue weighted by atomic mass is 9.99. The topological polar surface area (TPSA) is 325 Å². The van der Waals surface area contributed by atoms with Crippen LogP contribution in [0.25, 0.3) is 11.2 Å². The van der Waals surface area contributed by atoms with E-state index in [2.05, 4.69) is 24.8 Å². The minimum Gasteiger partial charge on any atom is -0.481 e. The standard InChI is InChI=1S/C21H32N6O15P2S/c1-21(33,6-13(29)30)7-14(31)45-5-3-23-12(28)2-4-39-44(37,38)40-8-11-17(42-43(34,35)36)16(32)20(41-11)27-10-26-15-18(22)24-9-25-19(15)27/h9-11,16-17,20,32-33H,2-8H2,1H3,(H,23,28)(H,29,30)(H,37,38)(H2,22,24,25)(H2,34,35,36). The molecule has 6 atom stereocenters. The molecule has 24 heteroatoms. The second kappa shape index (κ2) is 15.3. The van der Waals surface area contributed by atoms with Gasteiger partial charge in [-0.05, 0) is 6.92 Å². The van der Waals surface area contributed by atoms with Gasteiger partial charge in [-0.1, -0.05) is 11.8 Å². The summed E-state index contributed by atoms with van der Waals surface area (Å²) in [5.41, 5.74) is 4.29. The first kappa shape index (κ1) is 36.9. The van der Waals surface area contributed by atoms with E-state index >= 15 is 0 Å². The highest BCUT2D eigenvalue weighted by molar-refractivity contribution is 8.13. The number of aromatic nitrogens is 4. The first-order chi connectivity index (χ1) is 20.9. The number of rotatable bonds is 17. The van der Waals surface area contributed by atoms with Crippen LogP contribution >= 0.6 is 27.4 Å². The number of amides is 1. The zero-order valence-corrected chi connectivity index (χ0v) is 26.0. The Hall–Kier alpha value is -2.59. The summed E-state index contributed by atoms with van der Waals surface area (Å²) in [6, 6.07) is 0. The minimum absolute atomic E-state index is 0.00957. The Morgan fingerprint density at radius 3 is 2.56 bits per heavy atom. The van der Waals surface area contributed by atoms with Crippen molar-refractivity contribution in [1.29, 1.82) is 0 Å². The number of nitrogens with one attached hydrogen (secondary N) is 1. The van der Waals surface area contributed by atoms with Crippen molar-refractivity contribution in [3.05, 3.63) is 12.7 Å². The number of phosphoric acid groups is 2. The molecule has 2 aromatic rings. The van der Waals surface area contributed by atoms with Crippen molar-refractivity contribution in [2.75, 3.05) is 31.2 Å². The van der Waals surface area contributed by atoms with Gasteiger partial charge in [0.15, 0.2) is 22.8 Å². The van der Waals surface area contributed by atoms with Crippen molar-refractivity contribution in [3.8, 4) is 0 Å². The number of hydrogen-bond acceptors (Lipinski definition) is 16. The number of carbonyl (C=O) groups is 3. The molecule has 0 spiro atoms. The van der Waals surface area contributed by atoms with Gasteiger partial charge >= 0.3 is 21.6 Å². The van der Waals surface area contributed by atoms with Crippen molar-refractivity contribution >= 4 is 61.4 Å². The summed E-state index contributed by atoms with van der Waals surface area (Å²) in [7, 11) is -10.1. The Morgan fingerprint density at radius 1 is 1.18 bits per heavy atom. The number of aliphatic hydroxyl groups excluding tert-OH is 1. The van der Waals surface area contributed by atoms with Crippen LogP contribution < -0.4 is 11.1 Å². The molecular weight excluding hydrogens is 670 g/mol. The maximum Gasteiger partial charge on any atom is 0.472 e. The van der Waals surface area contributed by atoms with E-state index in [1.54, 1.807) is 0 Å². The average molecular weight is 703 g/mol. The number of hydrogen-bond donors (Lipinski definition) is 8. The minimum atomic E-state index is -5.20. The van der Waals surface area contributed by atoms with Gasteiger partial charge in [0.1, 0.15) is 30.2 Å². The molecule has 0 saturated carbocycles. The fourth-order valence-corrected chi connectivity index (χ4v) is 6.24. The van der Waals surface area contributed by atoms with Gasteiger partial charge in [-0.2, -0.15) is 0 Å². The molecule has 3 heterocycles. The second-order valence-electron chi connectivity index (χ2n) is 9.86. The molecule has 0 aliphatic carbocycles. The number of aliphatic carboxylic acids is 1. The van der Waals surface area contributed by atoms with Gasteiger partial charge in [0.2, 0.25) is 5.91 Å². The molecule has 45 heavy (non-hydrogen) atoms. The first-order valence-corrected chi connectivity index (χ1v) is 16.9. The molecular formula is C21H32N6O15P2S. The van der Waals surface area contributed by atoms with Crippen LogP contribution in [0.3, 0.4) is 0 Å². The summed E-state index contributed by atoms with van der Waals surface area (Å²) >= 11 is 0.775. The SMILES string of the molecule is CC(O)(CC(=O)O)CC(=O)SCCNC(=O)CCOP(=O)(O)OCC1OC(n2cnc3c(N)ncnc32)C(O)C1OP(=O)(O)O. The number of fused-ring (bicyclic) bond motifs is 1. The van der Waals surface area contributed by atoms with Gasteiger partial charge in [0, 0.05) is 18.7 Å². The summed E-state index contributed by atoms with van der Waals surface area (Å²) in [5.74, 6) is -1.75. The van der Waals surface area contributed by atoms with E-state index in [1.807, 2.05) is 0 Å². The van der Waals surface area contributed by atoms with Gasteiger partial charge in [0.25, 0.3) is 0 Å². The largest absolute Gasteiger partial charge is 0.481 e. The smallest absolute Gasteiger partial charge is 0.472 e. The van der Waals surface area contributed by atoms with E-state index in [1.165, 1.54) is 17.8 Å². The quantitative estimate of drug-likeness (QED) is 0.0698. The summed E-state index contributed by atoms with van der Waals surface area (Å²) in [6.07, 6.45) is -5.56. The van der Waals surface area contributed by atoms with Gasteiger partial charge in [-0.15, -0.1) is 0 Å². The fourth-order valence-electron chi connectivity index (χ4n) is 4.08. The molecule has 3 rings (SSSR count). The van der Waals surface area contributed by atoms with Gasteiger partial charge < -0.3 is 45.8 Å². The highest BCUT2D eigenvalue weighted by atomic mass is 32.2. The van der Waals surface area contributed by atoms with Crippen molar-refractivity contribution in [1.82, 2.24) is 24.8 Å². The third-order valence-corrected chi connectivity index (χ3v) is 8.34. The van der Waals surface area contributed by atoms with Crippen LogP contribution in [0.4, 0.5) is 5.82 Å². The van der Waals surface area contributed by atoms with Crippen molar-refractivity contribution < 1.29 is 71.8 Å². The number of aliphatic hydroxyl groups is 2. The molecule has 6 unspecified atom stereocenters. The Labute approximate surface area is 258 Å². The highest BCUT2D eigenvalue weighted by Crippen LogP contribution is 2.47. The van der Waals surface area contributed by atoms with Gasteiger partial charge in [-0.3, -0.25) is 32.5 Å². The number of carboxylic acids is 1. The second-order valence-corrected chi connectivity index (χ2v) is 13.7. The number of imidazole rings is 1. The third-order valence-electron chi connectivity index (χ3n) is 5.96. The van der Waals surface area contributed by atoms with E-state index in [0.717, 1.165) is 18.1 Å². The van der Waals surface area contributed by atoms with Crippen LogP contribution in [0.5, 0.6) is 0 Å². The lowest BCUT2D eigenvalue weighted by molar-refractivity contribution is -0.142. The number of carboxylic acid groups (broad SMARTS) is 1. The number of nitrogen functional groups attached to an aromatic ring is 1. The summed E-state index contributed by atoms with van der Waals surface area (Å²) in [4.78, 5) is 75.1. The van der Waals surface area contributed by atoms with Gasteiger partial charge in [-0.25, -0.2) is 24.1 Å². The monoisotopic (exact) mass is 702 g/mol. The number of thioether (sulfide) groups is 1. The molecule has 1 aliphatic heterocycles. The maximum atomic E-state index is 12.4. The molecule has 0 aromatic carbocycles. The highest BCUT2D eigenvalue weighted by Gasteiger charge is 2.49. The Morgan fingerprint density at radius 2 is 1.89 bits per heavy atom. The Balaban J connectivity index is 1.47. The molecule has 9 N–H and O–H groups in total. The predicted octanol–water partition coefficient (Wildman–Crippen LogP) is -1.34. The molecule has 252 valence electrons. The zero-order valence-electron chi connectivity index (χ0n) is 23.4. The van der Waals surface area contributed by atoms with Crippen LogP contribution in [0.15, 0.2) is 12.7 Å².